The van der Waals surface area contributed by atoms with Gasteiger partial charge in [-0.05, 0) is 24.8 Å². The fourth-order valence-corrected chi connectivity index (χ4v) is 2.98. The Morgan fingerprint density at radius 1 is 1.29 bits per heavy atom. The second kappa shape index (κ2) is 5.77. The van der Waals surface area contributed by atoms with E-state index in [-0.39, 0.29) is 6.04 Å². The molecule has 0 aromatic carbocycles. The van der Waals surface area contributed by atoms with Crippen molar-refractivity contribution in [3.05, 3.63) is 28.9 Å². The first kappa shape index (κ1) is 13.9. The topological polar surface area (TPSA) is 79.4 Å². The molecule has 1 atom stereocenters. The highest BCUT2D eigenvalue weighted by Gasteiger charge is 2.17. The molecule has 0 bridgehead atoms. The second-order valence-corrected chi connectivity index (χ2v) is 5.76. The molecule has 0 fully saturated rings. The molecular formula is C14H18N6S. The molecule has 0 aliphatic heterocycles. The van der Waals surface area contributed by atoms with Gasteiger partial charge >= 0.3 is 0 Å². The maximum Gasteiger partial charge on any atom is 0.172 e. The van der Waals surface area contributed by atoms with Crippen LogP contribution in [0.4, 0.5) is 5.82 Å². The first-order valence-electron chi connectivity index (χ1n) is 7.10. The number of anilines is 1. The zero-order valence-electron chi connectivity index (χ0n) is 12.3. The van der Waals surface area contributed by atoms with Gasteiger partial charge in [-0.1, -0.05) is 13.8 Å². The molecule has 110 valence electrons. The zero-order valence-corrected chi connectivity index (χ0v) is 13.2. The predicted molar refractivity (Wildman–Crippen MR) is 84.6 cm³/mol. The number of H-pyrrole nitrogens is 1. The Kier molecular flexibility index (Phi) is 3.83. The molecule has 0 aliphatic carbocycles. The van der Waals surface area contributed by atoms with Gasteiger partial charge in [0.25, 0.3) is 0 Å². The van der Waals surface area contributed by atoms with Gasteiger partial charge in [-0.2, -0.15) is 5.10 Å². The molecule has 3 aromatic heterocycles. The summed E-state index contributed by atoms with van der Waals surface area (Å²) in [7, 11) is 0. The Morgan fingerprint density at radius 3 is 2.81 bits per heavy atom. The normalized spacial score (nSPS) is 12.7. The molecule has 3 rings (SSSR count). The number of nitrogens with one attached hydrogen (secondary N) is 2. The average molecular weight is 302 g/mol. The third kappa shape index (κ3) is 2.73. The molecule has 0 saturated carbocycles. The van der Waals surface area contributed by atoms with E-state index in [2.05, 4.69) is 50.4 Å². The number of nitrogens with zero attached hydrogens (tertiary/aromatic N) is 4. The molecule has 7 heteroatoms. The average Bonchev–Trinajstić information content (AvgIpc) is 3.12. The number of thiophene rings is 1. The minimum absolute atomic E-state index is 0.0395. The first-order valence-corrected chi connectivity index (χ1v) is 7.98. The highest BCUT2D eigenvalue weighted by atomic mass is 32.1. The quantitative estimate of drug-likeness (QED) is 0.756. The van der Waals surface area contributed by atoms with E-state index in [1.807, 2.05) is 12.3 Å². The van der Waals surface area contributed by atoms with Crippen LogP contribution in [0.2, 0.25) is 0 Å². The van der Waals surface area contributed by atoms with Crippen molar-refractivity contribution in [1.29, 1.82) is 0 Å². The van der Waals surface area contributed by atoms with Crippen molar-refractivity contribution in [3.63, 3.8) is 0 Å². The van der Waals surface area contributed by atoms with Crippen LogP contribution in [0.15, 0.2) is 11.4 Å². The number of hydrogen-bond donors (Lipinski definition) is 2. The minimum Gasteiger partial charge on any atom is -0.359 e. The number of hydrogen-bond acceptors (Lipinski definition) is 6. The van der Waals surface area contributed by atoms with Crippen molar-refractivity contribution in [2.45, 2.75) is 39.7 Å². The lowest BCUT2D eigenvalue weighted by Gasteiger charge is -2.15. The van der Waals surface area contributed by atoms with Gasteiger partial charge in [0.1, 0.15) is 22.3 Å². The van der Waals surface area contributed by atoms with E-state index in [9.17, 15) is 0 Å². The van der Waals surface area contributed by atoms with Gasteiger partial charge < -0.3 is 5.32 Å². The van der Waals surface area contributed by atoms with E-state index in [0.717, 1.165) is 46.3 Å². The summed E-state index contributed by atoms with van der Waals surface area (Å²) >= 11 is 1.64. The highest BCUT2D eigenvalue weighted by Crippen LogP contribution is 2.28. The molecule has 6 nitrogen and oxygen atoms in total. The van der Waals surface area contributed by atoms with E-state index < -0.39 is 0 Å². The molecule has 3 aromatic rings. The fraction of sp³-hybridized carbons (Fsp3) is 0.429. The van der Waals surface area contributed by atoms with Crippen LogP contribution in [0.3, 0.4) is 0 Å². The molecular weight excluding hydrogens is 284 g/mol. The third-order valence-corrected chi connectivity index (χ3v) is 4.14. The SMILES string of the molecule is CCc1nc(NC(CC)c2n[nH]c(C)n2)c2ccsc2n1. The van der Waals surface area contributed by atoms with E-state index in [4.69, 9.17) is 0 Å². The Hall–Kier alpha value is -2.02. The molecule has 21 heavy (non-hydrogen) atoms. The number of aromatic nitrogens is 5. The molecule has 3 heterocycles. The van der Waals surface area contributed by atoms with Crippen LogP contribution in [0.1, 0.15) is 43.8 Å². The van der Waals surface area contributed by atoms with Crippen LogP contribution < -0.4 is 5.32 Å². The van der Waals surface area contributed by atoms with Crippen molar-refractivity contribution in [3.8, 4) is 0 Å². The molecule has 0 amide bonds. The maximum absolute atomic E-state index is 4.63. The predicted octanol–water partition coefficient (Wildman–Crippen LogP) is 3.24. The number of aryl methyl sites for hydroxylation is 2. The van der Waals surface area contributed by atoms with Gasteiger partial charge in [0, 0.05) is 6.42 Å². The first-order chi connectivity index (χ1) is 10.2. The summed E-state index contributed by atoms with van der Waals surface area (Å²) in [5.41, 5.74) is 0. The monoisotopic (exact) mass is 302 g/mol. The van der Waals surface area contributed by atoms with Gasteiger partial charge in [0.2, 0.25) is 0 Å². The Labute approximate surface area is 127 Å². The summed E-state index contributed by atoms with van der Waals surface area (Å²) in [6, 6.07) is 2.09. The summed E-state index contributed by atoms with van der Waals surface area (Å²) in [4.78, 5) is 14.6. The Balaban J connectivity index is 1.97. The highest BCUT2D eigenvalue weighted by molar-refractivity contribution is 7.16. The molecule has 0 saturated heterocycles. The van der Waals surface area contributed by atoms with Gasteiger partial charge in [-0.15, -0.1) is 11.3 Å². The van der Waals surface area contributed by atoms with Crippen LogP contribution in [0.5, 0.6) is 0 Å². The lowest BCUT2D eigenvalue weighted by molar-refractivity contribution is 0.692. The summed E-state index contributed by atoms with van der Waals surface area (Å²) < 4.78 is 0. The fourth-order valence-electron chi connectivity index (χ4n) is 2.20. The van der Waals surface area contributed by atoms with Crippen molar-refractivity contribution in [2.24, 2.45) is 0 Å². The number of aromatic amines is 1. The summed E-state index contributed by atoms with van der Waals surface area (Å²) in [6.07, 6.45) is 1.70. The zero-order chi connectivity index (χ0) is 14.8. The summed E-state index contributed by atoms with van der Waals surface area (Å²) in [5.74, 6) is 3.32. The van der Waals surface area contributed by atoms with Crippen LogP contribution in [0, 0.1) is 6.92 Å². The van der Waals surface area contributed by atoms with Crippen LogP contribution >= 0.6 is 11.3 Å². The van der Waals surface area contributed by atoms with Gasteiger partial charge in [-0.25, -0.2) is 15.0 Å². The van der Waals surface area contributed by atoms with Gasteiger partial charge in [0.05, 0.1) is 11.4 Å². The molecule has 1 unspecified atom stereocenters. The van der Waals surface area contributed by atoms with Gasteiger partial charge in [0.15, 0.2) is 5.82 Å². The van der Waals surface area contributed by atoms with E-state index in [0.29, 0.717) is 0 Å². The molecule has 0 aliphatic rings. The largest absolute Gasteiger partial charge is 0.359 e. The lowest BCUT2D eigenvalue weighted by atomic mass is 10.2. The maximum atomic E-state index is 4.63. The smallest absolute Gasteiger partial charge is 0.172 e. The standard InChI is InChI=1S/C14H18N6S/c1-4-10(13-15-8(3)19-20-13)16-12-9-6-7-21-14(9)18-11(5-2)17-12/h6-7,10H,4-5H2,1-3H3,(H,15,19,20)(H,16,17,18). The number of fused-ring (bicyclic) bond motifs is 1. The van der Waals surface area contributed by atoms with Crippen molar-refractivity contribution in [2.75, 3.05) is 5.32 Å². The van der Waals surface area contributed by atoms with Crippen molar-refractivity contribution in [1.82, 2.24) is 25.1 Å². The van der Waals surface area contributed by atoms with E-state index in [1.54, 1.807) is 11.3 Å². The second-order valence-electron chi connectivity index (χ2n) is 4.87. The minimum atomic E-state index is 0.0395. The van der Waals surface area contributed by atoms with Crippen LogP contribution in [0.25, 0.3) is 10.2 Å². The van der Waals surface area contributed by atoms with Crippen LogP contribution in [-0.2, 0) is 6.42 Å². The van der Waals surface area contributed by atoms with Crippen molar-refractivity contribution < 1.29 is 0 Å². The number of rotatable bonds is 5. The van der Waals surface area contributed by atoms with Gasteiger partial charge in [-0.3, -0.25) is 5.10 Å². The van der Waals surface area contributed by atoms with Crippen molar-refractivity contribution >= 4 is 27.4 Å². The van der Waals surface area contributed by atoms with E-state index in [1.165, 1.54) is 0 Å². The molecule has 0 radical (unpaired) electrons. The molecule has 2 N–H and O–H groups in total. The van der Waals surface area contributed by atoms with Crippen LogP contribution in [-0.4, -0.2) is 25.1 Å². The summed E-state index contributed by atoms with van der Waals surface area (Å²) in [6.45, 7) is 6.07. The van der Waals surface area contributed by atoms with E-state index >= 15 is 0 Å². The summed E-state index contributed by atoms with van der Waals surface area (Å²) in [5, 5.41) is 13.7. The molecule has 0 spiro atoms. The lowest BCUT2D eigenvalue weighted by Crippen LogP contribution is -2.13. The Bertz CT molecular complexity index is 747. The third-order valence-electron chi connectivity index (χ3n) is 3.33. The Morgan fingerprint density at radius 2 is 2.14 bits per heavy atom.